The highest BCUT2D eigenvalue weighted by atomic mass is 16.2. The molecule has 0 fully saturated rings. The molecule has 4 nitrogen and oxygen atoms in total. The van der Waals surface area contributed by atoms with E-state index in [1.54, 1.807) is 0 Å². The van der Waals surface area contributed by atoms with Crippen molar-refractivity contribution >= 4 is 11.6 Å². The highest BCUT2D eigenvalue weighted by Crippen LogP contribution is 2.25. The van der Waals surface area contributed by atoms with Crippen molar-refractivity contribution in [3.63, 3.8) is 0 Å². The lowest BCUT2D eigenvalue weighted by Gasteiger charge is -2.30. The van der Waals surface area contributed by atoms with Crippen molar-refractivity contribution in [2.75, 3.05) is 12.3 Å². The van der Waals surface area contributed by atoms with Crippen LogP contribution in [0.4, 0.5) is 5.69 Å². The summed E-state index contributed by atoms with van der Waals surface area (Å²) in [6.07, 6.45) is 1.18. The lowest BCUT2D eigenvalue weighted by Crippen LogP contribution is -2.37. The smallest absolute Gasteiger partial charge is 0.224 e. The third-order valence-corrected chi connectivity index (χ3v) is 4.28. The van der Waals surface area contributed by atoms with Crippen LogP contribution in [0.5, 0.6) is 0 Å². The van der Waals surface area contributed by atoms with Gasteiger partial charge in [0.25, 0.3) is 0 Å². The van der Waals surface area contributed by atoms with Crippen molar-refractivity contribution in [2.45, 2.75) is 25.4 Å². The second-order valence-corrected chi connectivity index (χ2v) is 5.77. The van der Waals surface area contributed by atoms with E-state index in [1.807, 2.05) is 47.4 Å². The molecule has 1 aliphatic heterocycles. The van der Waals surface area contributed by atoms with Gasteiger partial charge in [0, 0.05) is 31.2 Å². The molecule has 1 aliphatic rings. The maximum Gasteiger partial charge on any atom is 0.224 e. The molecule has 1 atom stereocenters. The van der Waals surface area contributed by atoms with E-state index < -0.39 is 0 Å². The molecule has 22 heavy (non-hydrogen) atoms. The maximum absolute atomic E-state index is 12.5. The number of amides is 1. The largest absolute Gasteiger partial charge is 0.398 e. The van der Waals surface area contributed by atoms with Gasteiger partial charge in [0.2, 0.25) is 5.91 Å². The molecule has 0 radical (unpaired) electrons. The first kappa shape index (κ1) is 14.6. The average Bonchev–Trinajstić information content (AvgIpc) is 2.55. The van der Waals surface area contributed by atoms with Crippen molar-refractivity contribution < 1.29 is 4.79 Å². The van der Waals surface area contributed by atoms with Gasteiger partial charge in [0.1, 0.15) is 0 Å². The molecule has 0 saturated heterocycles. The number of benzene rings is 2. The normalized spacial score (nSPS) is 15.2. The van der Waals surface area contributed by atoms with Gasteiger partial charge in [-0.15, -0.1) is 0 Å². The number of carbonyl (C=O) groups is 1. The Balaban J connectivity index is 1.68. The number of anilines is 1. The van der Waals surface area contributed by atoms with Crippen molar-refractivity contribution in [1.82, 2.24) is 4.90 Å². The summed E-state index contributed by atoms with van der Waals surface area (Å²) in [4.78, 5) is 14.4. The minimum atomic E-state index is -0.261. The standard InChI is InChI=1S/C18H21N3O/c19-16-8-4-7-13-9-10-21(12-15(13)16)18(22)11-17(20)14-5-2-1-3-6-14/h1-8,17H,9-12,19-20H2. The van der Waals surface area contributed by atoms with Crippen LogP contribution in [0.1, 0.15) is 29.2 Å². The average molecular weight is 295 g/mol. The van der Waals surface area contributed by atoms with E-state index in [9.17, 15) is 4.79 Å². The van der Waals surface area contributed by atoms with Crippen molar-refractivity contribution in [1.29, 1.82) is 0 Å². The van der Waals surface area contributed by atoms with E-state index in [4.69, 9.17) is 11.5 Å². The summed E-state index contributed by atoms with van der Waals surface area (Å²) < 4.78 is 0. The second-order valence-electron chi connectivity index (χ2n) is 5.77. The van der Waals surface area contributed by atoms with Gasteiger partial charge in [-0.25, -0.2) is 0 Å². The van der Waals surface area contributed by atoms with Gasteiger partial charge >= 0.3 is 0 Å². The van der Waals surface area contributed by atoms with E-state index in [0.29, 0.717) is 13.0 Å². The van der Waals surface area contributed by atoms with Crippen LogP contribution in [0.2, 0.25) is 0 Å². The number of nitrogen functional groups attached to an aromatic ring is 1. The Hall–Kier alpha value is -2.33. The molecular weight excluding hydrogens is 274 g/mol. The van der Waals surface area contributed by atoms with E-state index in [-0.39, 0.29) is 11.9 Å². The van der Waals surface area contributed by atoms with Crippen molar-refractivity contribution in [3.05, 3.63) is 65.2 Å². The van der Waals surface area contributed by atoms with Gasteiger partial charge in [-0.3, -0.25) is 4.79 Å². The zero-order valence-electron chi connectivity index (χ0n) is 12.5. The Bertz CT molecular complexity index is 669. The Morgan fingerprint density at radius 3 is 2.68 bits per heavy atom. The lowest BCUT2D eigenvalue weighted by atomic mass is 9.97. The van der Waals surface area contributed by atoms with Crippen LogP contribution in [0.15, 0.2) is 48.5 Å². The number of carbonyl (C=O) groups excluding carboxylic acids is 1. The first-order valence-electron chi connectivity index (χ1n) is 7.59. The summed E-state index contributed by atoms with van der Waals surface area (Å²) in [7, 11) is 0. The molecule has 2 aromatic rings. The SMILES string of the molecule is Nc1cccc2c1CN(C(=O)CC(N)c1ccccc1)CC2. The molecule has 4 heteroatoms. The molecule has 114 valence electrons. The number of hydrogen-bond acceptors (Lipinski definition) is 3. The minimum absolute atomic E-state index is 0.0882. The predicted octanol–water partition coefficient (Wildman–Crippen LogP) is 2.24. The lowest BCUT2D eigenvalue weighted by molar-refractivity contribution is -0.132. The molecule has 0 saturated carbocycles. The predicted molar refractivity (Wildman–Crippen MR) is 88.0 cm³/mol. The molecule has 0 spiro atoms. The van der Waals surface area contributed by atoms with Gasteiger partial charge in [-0.1, -0.05) is 42.5 Å². The first-order valence-corrected chi connectivity index (χ1v) is 7.59. The van der Waals surface area contributed by atoms with Crippen LogP contribution in [0.3, 0.4) is 0 Å². The van der Waals surface area contributed by atoms with E-state index in [2.05, 4.69) is 6.07 Å². The summed E-state index contributed by atoms with van der Waals surface area (Å²) in [6.45, 7) is 1.32. The summed E-state index contributed by atoms with van der Waals surface area (Å²) >= 11 is 0. The highest BCUT2D eigenvalue weighted by molar-refractivity contribution is 5.77. The molecule has 1 unspecified atom stereocenters. The first-order chi connectivity index (χ1) is 10.6. The second kappa shape index (κ2) is 6.20. The van der Waals surface area contributed by atoms with Crippen LogP contribution in [-0.2, 0) is 17.8 Å². The highest BCUT2D eigenvalue weighted by Gasteiger charge is 2.23. The Kier molecular flexibility index (Phi) is 4.11. The zero-order valence-corrected chi connectivity index (χ0v) is 12.5. The van der Waals surface area contributed by atoms with E-state index in [1.165, 1.54) is 5.56 Å². The summed E-state index contributed by atoms with van der Waals surface area (Å²) in [6, 6.07) is 15.4. The number of fused-ring (bicyclic) bond motifs is 1. The van der Waals surface area contributed by atoms with Crippen LogP contribution < -0.4 is 11.5 Å². The molecule has 1 amide bonds. The van der Waals surface area contributed by atoms with E-state index in [0.717, 1.165) is 29.8 Å². The van der Waals surface area contributed by atoms with Gasteiger partial charge < -0.3 is 16.4 Å². The number of hydrogen-bond donors (Lipinski definition) is 2. The summed E-state index contributed by atoms with van der Waals surface area (Å²) in [5, 5.41) is 0. The molecule has 0 aromatic heterocycles. The van der Waals surface area contributed by atoms with Crippen molar-refractivity contribution in [3.8, 4) is 0 Å². The number of nitrogens with zero attached hydrogens (tertiary/aromatic N) is 1. The monoisotopic (exact) mass is 295 g/mol. The minimum Gasteiger partial charge on any atom is -0.398 e. The fraction of sp³-hybridized carbons (Fsp3) is 0.278. The molecular formula is C18H21N3O. The molecule has 3 rings (SSSR count). The fourth-order valence-electron chi connectivity index (χ4n) is 2.96. The maximum atomic E-state index is 12.5. The van der Waals surface area contributed by atoms with E-state index >= 15 is 0 Å². The fourth-order valence-corrected chi connectivity index (χ4v) is 2.96. The Morgan fingerprint density at radius 1 is 1.14 bits per heavy atom. The van der Waals surface area contributed by atoms with Crippen LogP contribution in [-0.4, -0.2) is 17.4 Å². The number of rotatable bonds is 3. The third-order valence-electron chi connectivity index (χ3n) is 4.28. The number of nitrogens with two attached hydrogens (primary N) is 2. The molecule has 0 aliphatic carbocycles. The van der Waals surface area contributed by atoms with Gasteiger partial charge in [0.05, 0.1) is 0 Å². The molecule has 0 bridgehead atoms. The summed E-state index contributed by atoms with van der Waals surface area (Å²) in [5.41, 5.74) is 16.3. The molecule has 2 aromatic carbocycles. The van der Waals surface area contributed by atoms with Crippen molar-refractivity contribution in [2.24, 2.45) is 5.73 Å². The topological polar surface area (TPSA) is 72.3 Å². The molecule has 4 N–H and O–H groups in total. The van der Waals surface area contributed by atoms with Gasteiger partial charge in [-0.05, 0) is 29.2 Å². The quantitative estimate of drug-likeness (QED) is 0.853. The Morgan fingerprint density at radius 2 is 1.91 bits per heavy atom. The third kappa shape index (κ3) is 2.97. The van der Waals surface area contributed by atoms with Crippen LogP contribution >= 0.6 is 0 Å². The van der Waals surface area contributed by atoms with Gasteiger partial charge in [0.15, 0.2) is 0 Å². The Labute approximate surface area is 130 Å². The molecule has 1 heterocycles. The van der Waals surface area contributed by atoms with Crippen LogP contribution in [0, 0.1) is 0 Å². The van der Waals surface area contributed by atoms with Crippen LogP contribution in [0.25, 0.3) is 0 Å². The summed E-state index contributed by atoms with van der Waals surface area (Å²) in [5.74, 6) is 0.0882. The zero-order chi connectivity index (χ0) is 15.5. The van der Waals surface area contributed by atoms with Gasteiger partial charge in [-0.2, -0.15) is 0 Å².